The van der Waals surface area contributed by atoms with Gasteiger partial charge >= 0.3 is 0 Å². The molecule has 1 atom stereocenters. The van der Waals surface area contributed by atoms with Crippen LogP contribution in [0.2, 0.25) is 0 Å². The van der Waals surface area contributed by atoms with E-state index in [0.717, 1.165) is 64.2 Å². The molecule has 1 amide bonds. The van der Waals surface area contributed by atoms with Gasteiger partial charge in [-0.05, 0) is 51.1 Å². The van der Waals surface area contributed by atoms with E-state index in [4.69, 9.17) is 0 Å². The van der Waals surface area contributed by atoms with Crippen molar-refractivity contribution in [3.8, 4) is 0 Å². The summed E-state index contributed by atoms with van der Waals surface area (Å²) in [5.74, 6) is 0.118. The van der Waals surface area contributed by atoms with Crippen LogP contribution in [0.15, 0.2) is 30.3 Å². The number of nitrogens with zero attached hydrogens (tertiary/aromatic N) is 3. The fourth-order valence-corrected chi connectivity index (χ4v) is 4.02. The van der Waals surface area contributed by atoms with E-state index in [9.17, 15) is 9.18 Å². The van der Waals surface area contributed by atoms with Crippen LogP contribution in [0.4, 0.5) is 4.39 Å². The lowest BCUT2D eigenvalue weighted by Gasteiger charge is -2.31. The van der Waals surface area contributed by atoms with Crippen molar-refractivity contribution in [3.05, 3.63) is 41.7 Å². The van der Waals surface area contributed by atoms with Crippen LogP contribution in [0.1, 0.15) is 25.3 Å². The maximum atomic E-state index is 13.0. The van der Waals surface area contributed by atoms with Crippen LogP contribution < -0.4 is 0 Å². The van der Waals surface area contributed by atoms with Crippen molar-refractivity contribution in [3.63, 3.8) is 0 Å². The second-order valence-electron chi connectivity index (χ2n) is 7.95. The first-order chi connectivity index (χ1) is 12.5. The van der Waals surface area contributed by atoms with Crippen molar-refractivity contribution < 1.29 is 9.18 Å². The van der Waals surface area contributed by atoms with Gasteiger partial charge in [0, 0.05) is 39.3 Å². The molecular formula is C21H30FN3O. The third-order valence-corrected chi connectivity index (χ3v) is 5.60. The predicted molar refractivity (Wildman–Crippen MR) is 103 cm³/mol. The smallest absolute Gasteiger partial charge is 0.229 e. The second-order valence-corrected chi connectivity index (χ2v) is 7.95. The van der Waals surface area contributed by atoms with Crippen molar-refractivity contribution in [2.45, 2.75) is 19.8 Å². The summed E-state index contributed by atoms with van der Waals surface area (Å²) >= 11 is 0. The number of benzene rings is 1. The molecule has 0 aromatic heterocycles. The maximum absolute atomic E-state index is 13.0. The summed E-state index contributed by atoms with van der Waals surface area (Å²) in [7, 11) is 2.09. The molecule has 1 unspecified atom stereocenters. The van der Waals surface area contributed by atoms with Crippen LogP contribution in [0.5, 0.6) is 0 Å². The lowest BCUT2D eigenvalue weighted by Crippen LogP contribution is -2.45. The number of likely N-dealkylation sites (tertiary alicyclic amines) is 1. The summed E-state index contributed by atoms with van der Waals surface area (Å²) in [4.78, 5) is 19.7. The summed E-state index contributed by atoms with van der Waals surface area (Å²) in [6, 6.07) is 6.54. The zero-order chi connectivity index (χ0) is 18.6. The van der Waals surface area contributed by atoms with Crippen LogP contribution in [-0.4, -0.2) is 73.5 Å². The topological polar surface area (TPSA) is 26.8 Å². The van der Waals surface area contributed by atoms with Crippen molar-refractivity contribution in [1.82, 2.24) is 14.7 Å². The van der Waals surface area contributed by atoms with Crippen molar-refractivity contribution in [2.75, 3.05) is 52.9 Å². The summed E-state index contributed by atoms with van der Waals surface area (Å²) in [6.45, 7) is 8.44. The average molecular weight is 359 g/mol. The average Bonchev–Trinajstić information content (AvgIpc) is 2.83. The Hall–Kier alpha value is -1.72. The number of carbonyl (C=O) groups excluding carboxylic acids is 1. The lowest BCUT2D eigenvalue weighted by molar-refractivity contribution is -0.140. The summed E-state index contributed by atoms with van der Waals surface area (Å²) < 4.78 is 12.9. The molecule has 142 valence electrons. The first-order valence-electron chi connectivity index (χ1n) is 9.59. The zero-order valence-electron chi connectivity index (χ0n) is 16.0. The first kappa shape index (κ1) is 19.1. The van der Waals surface area contributed by atoms with E-state index in [2.05, 4.69) is 34.7 Å². The normalized spacial score (nSPS) is 25.7. The highest BCUT2D eigenvalue weighted by atomic mass is 19.1. The Bertz CT molecular complexity index is 645. The Morgan fingerprint density at radius 2 is 1.92 bits per heavy atom. The van der Waals surface area contributed by atoms with E-state index in [1.807, 2.05) is 6.08 Å². The van der Waals surface area contributed by atoms with E-state index in [-0.39, 0.29) is 11.2 Å². The number of hydrogen-bond donors (Lipinski definition) is 0. The Morgan fingerprint density at radius 3 is 2.62 bits per heavy atom. The van der Waals surface area contributed by atoms with Gasteiger partial charge in [0.1, 0.15) is 5.82 Å². The van der Waals surface area contributed by atoms with E-state index in [1.54, 1.807) is 12.1 Å². The molecule has 0 radical (unpaired) electrons. The molecule has 4 nitrogen and oxygen atoms in total. The molecule has 0 aliphatic carbocycles. The van der Waals surface area contributed by atoms with Crippen molar-refractivity contribution in [2.24, 2.45) is 5.41 Å². The molecule has 0 saturated carbocycles. The van der Waals surface area contributed by atoms with Gasteiger partial charge in [-0.15, -0.1) is 0 Å². The van der Waals surface area contributed by atoms with Crippen LogP contribution >= 0.6 is 0 Å². The van der Waals surface area contributed by atoms with Gasteiger partial charge in [0.2, 0.25) is 5.91 Å². The highest BCUT2D eigenvalue weighted by Gasteiger charge is 2.41. The van der Waals surface area contributed by atoms with Crippen LogP contribution in [0.25, 0.3) is 6.08 Å². The standard InChI is InChI=1S/C21H30FN3O/c1-21(10-14-23(2)17-21)20(26)25-13-4-12-24(15-16-25)11-3-5-18-6-8-19(22)9-7-18/h3,5-9H,4,10-17H2,1-2H3/b5-3+. The Morgan fingerprint density at radius 1 is 1.15 bits per heavy atom. The number of rotatable bonds is 4. The number of halogens is 1. The number of carbonyl (C=O) groups is 1. The molecule has 2 heterocycles. The Kier molecular flexibility index (Phi) is 6.09. The number of amides is 1. The third kappa shape index (κ3) is 4.71. The predicted octanol–water partition coefficient (Wildman–Crippen LogP) is 2.72. The molecule has 0 bridgehead atoms. The van der Waals surface area contributed by atoms with Gasteiger partial charge in [0.25, 0.3) is 0 Å². The van der Waals surface area contributed by atoms with Gasteiger partial charge in [-0.3, -0.25) is 9.69 Å². The SMILES string of the molecule is CN1CCC(C)(C(=O)N2CCCN(C/C=C/c3ccc(F)cc3)CC2)C1. The van der Waals surface area contributed by atoms with Crippen LogP contribution in [0, 0.1) is 11.2 Å². The van der Waals surface area contributed by atoms with Gasteiger partial charge < -0.3 is 9.80 Å². The summed E-state index contributed by atoms with van der Waals surface area (Å²) in [6.07, 6.45) is 6.13. The minimum atomic E-state index is -0.216. The largest absolute Gasteiger partial charge is 0.341 e. The minimum absolute atomic E-state index is 0.207. The number of hydrogen-bond acceptors (Lipinski definition) is 3. The minimum Gasteiger partial charge on any atom is -0.341 e. The van der Waals surface area contributed by atoms with Gasteiger partial charge in [-0.2, -0.15) is 0 Å². The summed E-state index contributed by atoms with van der Waals surface area (Å²) in [5.41, 5.74) is 0.795. The molecule has 3 rings (SSSR count). The molecule has 26 heavy (non-hydrogen) atoms. The molecule has 0 N–H and O–H groups in total. The molecule has 0 spiro atoms. The molecule has 2 aliphatic rings. The quantitative estimate of drug-likeness (QED) is 0.827. The summed E-state index contributed by atoms with van der Waals surface area (Å²) in [5, 5.41) is 0. The molecule has 1 aromatic rings. The van der Waals surface area contributed by atoms with Gasteiger partial charge in [0.05, 0.1) is 5.41 Å². The first-order valence-corrected chi connectivity index (χ1v) is 9.59. The van der Waals surface area contributed by atoms with E-state index >= 15 is 0 Å². The molecule has 2 saturated heterocycles. The molecule has 2 aliphatic heterocycles. The van der Waals surface area contributed by atoms with E-state index in [1.165, 1.54) is 12.1 Å². The fraction of sp³-hybridized carbons (Fsp3) is 0.571. The Balaban J connectivity index is 1.50. The van der Waals surface area contributed by atoms with Gasteiger partial charge in [0.15, 0.2) is 0 Å². The van der Waals surface area contributed by atoms with Gasteiger partial charge in [-0.1, -0.05) is 24.3 Å². The second kappa shape index (κ2) is 8.31. The Labute approximate surface area is 156 Å². The molecular weight excluding hydrogens is 329 g/mol. The van der Waals surface area contributed by atoms with Crippen molar-refractivity contribution >= 4 is 12.0 Å². The maximum Gasteiger partial charge on any atom is 0.229 e. The van der Waals surface area contributed by atoms with E-state index < -0.39 is 0 Å². The highest BCUT2D eigenvalue weighted by Crippen LogP contribution is 2.31. The monoisotopic (exact) mass is 359 g/mol. The van der Waals surface area contributed by atoms with Crippen LogP contribution in [-0.2, 0) is 4.79 Å². The molecule has 2 fully saturated rings. The molecule has 5 heteroatoms. The van der Waals surface area contributed by atoms with Crippen molar-refractivity contribution in [1.29, 1.82) is 0 Å². The highest BCUT2D eigenvalue weighted by molar-refractivity contribution is 5.83. The van der Waals surface area contributed by atoms with Crippen LogP contribution in [0.3, 0.4) is 0 Å². The van der Waals surface area contributed by atoms with Gasteiger partial charge in [-0.25, -0.2) is 4.39 Å². The zero-order valence-corrected chi connectivity index (χ0v) is 16.0. The molecule has 1 aromatic carbocycles. The third-order valence-electron chi connectivity index (χ3n) is 5.60. The lowest BCUT2D eigenvalue weighted by atomic mass is 9.88. The van der Waals surface area contributed by atoms with E-state index in [0.29, 0.717) is 5.91 Å². The fourth-order valence-electron chi connectivity index (χ4n) is 4.02.